The van der Waals surface area contributed by atoms with E-state index in [1.807, 2.05) is 6.07 Å². The summed E-state index contributed by atoms with van der Waals surface area (Å²) in [6.45, 7) is 0. The molecule has 0 heterocycles. The molecule has 0 spiro atoms. The van der Waals surface area contributed by atoms with E-state index in [2.05, 4.69) is 0 Å². The molecule has 2 rings (SSSR count). The molecule has 0 fully saturated rings. The molecule has 0 saturated carbocycles. The molecule has 0 amide bonds. The Morgan fingerprint density at radius 3 is 2.36 bits per heavy atom. The lowest BCUT2D eigenvalue weighted by Crippen LogP contribution is -2.46. The third kappa shape index (κ3) is 3.03. The fourth-order valence-corrected chi connectivity index (χ4v) is 2.43. The van der Waals surface area contributed by atoms with Gasteiger partial charge < -0.3 is 19.3 Å². The smallest absolute Gasteiger partial charge is 0.218 e. The standard InChI is InChI=1S/C17H20O5/c1-20-14-11-13(9-10-17(14,21-2)22-3)16(19)15(18)12-7-5-4-6-8-12/h4-11,14,16,19H,1-3H3. The number of hydrogen-bond donors (Lipinski definition) is 1. The van der Waals surface area contributed by atoms with Crippen LogP contribution in [0.3, 0.4) is 0 Å². The second-order valence-electron chi connectivity index (χ2n) is 4.92. The Kier molecular flexibility index (Phi) is 5.26. The summed E-state index contributed by atoms with van der Waals surface area (Å²) in [5.41, 5.74) is 0.902. The van der Waals surface area contributed by atoms with Crippen LogP contribution in [0.5, 0.6) is 0 Å². The second-order valence-corrected chi connectivity index (χ2v) is 4.92. The normalized spacial score (nSPS) is 21.3. The van der Waals surface area contributed by atoms with Crippen molar-refractivity contribution in [1.82, 2.24) is 0 Å². The molecular formula is C17H20O5. The van der Waals surface area contributed by atoms with Crippen LogP contribution < -0.4 is 0 Å². The van der Waals surface area contributed by atoms with E-state index in [1.165, 1.54) is 21.3 Å². The van der Waals surface area contributed by atoms with Crippen LogP contribution in [0.1, 0.15) is 10.4 Å². The van der Waals surface area contributed by atoms with Crippen molar-refractivity contribution < 1.29 is 24.1 Å². The average molecular weight is 304 g/mol. The van der Waals surface area contributed by atoms with Crippen molar-refractivity contribution in [2.75, 3.05) is 21.3 Å². The molecule has 0 aromatic heterocycles. The van der Waals surface area contributed by atoms with Gasteiger partial charge in [0.15, 0.2) is 5.78 Å². The van der Waals surface area contributed by atoms with Crippen molar-refractivity contribution in [3.05, 3.63) is 59.7 Å². The second kappa shape index (κ2) is 6.98. The number of carbonyl (C=O) groups is 1. The van der Waals surface area contributed by atoms with E-state index in [4.69, 9.17) is 14.2 Å². The largest absolute Gasteiger partial charge is 0.380 e. The third-order valence-electron chi connectivity index (χ3n) is 3.76. The Morgan fingerprint density at radius 1 is 1.18 bits per heavy atom. The number of methoxy groups -OCH3 is 3. The van der Waals surface area contributed by atoms with E-state index in [0.29, 0.717) is 11.1 Å². The van der Waals surface area contributed by atoms with Crippen molar-refractivity contribution >= 4 is 5.78 Å². The first-order valence-electron chi connectivity index (χ1n) is 6.89. The van der Waals surface area contributed by atoms with Crippen molar-refractivity contribution in [3.8, 4) is 0 Å². The molecule has 1 aromatic carbocycles. The van der Waals surface area contributed by atoms with Crippen molar-refractivity contribution in [1.29, 1.82) is 0 Å². The summed E-state index contributed by atoms with van der Waals surface area (Å²) >= 11 is 0. The zero-order valence-corrected chi connectivity index (χ0v) is 12.9. The summed E-state index contributed by atoms with van der Waals surface area (Å²) in [4.78, 5) is 12.3. The average Bonchev–Trinajstić information content (AvgIpc) is 2.60. The first-order chi connectivity index (χ1) is 10.6. The van der Waals surface area contributed by atoms with E-state index in [9.17, 15) is 9.90 Å². The van der Waals surface area contributed by atoms with Crippen LogP contribution in [-0.2, 0) is 14.2 Å². The minimum atomic E-state index is -1.26. The molecule has 1 N–H and O–H groups in total. The Labute approximate surface area is 129 Å². The Morgan fingerprint density at radius 2 is 1.82 bits per heavy atom. The van der Waals surface area contributed by atoms with Gasteiger partial charge in [0.05, 0.1) is 0 Å². The molecule has 2 unspecified atom stereocenters. The molecule has 1 aromatic rings. The quantitative estimate of drug-likeness (QED) is 0.640. The maximum Gasteiger partial charge on any atom is 0.218 e. The highest BCUT2D eigenvalue weighted by Gasteiger charge is 2.39. The van der Waals surface area contributed by atoms with Gasteiger partial charge in [0.1, 0.15) is 12.2 Å². The summed E-state index contributed by atoms with van der Waals surface area (Å²) in [7, 11) is 4.52. The molecule has 0 aliphatic heterocycles. The predicted octanol–water partition coefficient (Wildman–Crippen LogP) is 1.73. The van der Waals surface area contributed by atoms with Crippen LogP contribution in [0.25, 0.3) is 0 Å². The summed E-state index contributed by atoms with van der Waals surface area (Å²) in [6.07, 6.45) is 3.06. The van der Waals surface area contributed by atoms with E-state index >= 15 is 0 Å². The molecule has 0 radical (unpaired) electrons. The first-order valence-corrected chi connectivity index (χ1v) is 6.89. The number of rotatable bonds is 6. The Hall–Kier alpha value is -1.79. The van der Waals surface area contributed by atoms with Gasteiger partial charge in [-0.05, 0) is 17.7 Å². The zero-order valence-electron chi connectivity index (χ0n) is 12.9. The lowest BCUT2D eigenvalue weighted by molar-refractivity contribution is -0.221. The SMILES string of the molecule is COC1C=C(C(O)C(=O)c2ccccc2)C=CC1(OC)OC. The van der Waals surface area contributed by atoms with Gasteiger partial charge in [-0.2, -0.15) is 0 Å². The number of aliphatic hydroxyl groups is 1. The first kappa shape index (κ1) is 16.6. The van der Waals surface area contributed by atoms with E-state index in [0.717, 1.165) is 0 Å². The summed E-state index contributed by atoms with van der Waals surface area (Å²) in [5.74, 6) is -1.43. The highest BCUT2D eigenvalue weighted by Crippen LogP contribution is 2.29. The lowest BCUT2D eigenvalue weighted by atomic mass is 9.92. The molecule has 5 nitrogen and oxygen atoms in total. The number of Topliss-reactive ketones (excluding diaryl/α,β-unsaturated/α-hetero) is 1. The van der Waals surface area contributed by atoms with E-state index in [1.54, 1.807) is 42.5 Å². The zero-order chi connectivity index (χ0) is 16.2. The van der Waals surface area contributed by atoms with Crippen LogP contribution in [0.15, 0.2) is 54.1 Å². The maximum atomic E-state index is 12.3. The highest BCUT2D eigenvalue weighted by molar-refractivity contribution is 6.01. The molecule has 0 saturated heterocycles. The maximum absolute atomic E-state index is 12.3. The van der Waals surface area contributed by atoms with Gasteiger partial charge in [-0.15, -0.1) is 0 Å². The number of ether oxygens (including phenoxy) is 3. The molecule has 1 aliphatic carbocycles. The van der Waals surface area contributed by atoms with Crippen LogP contribution in [-0.4, -0.2) is 50.2 Å². The van der Waals surface area contributed by atoms with Crippen LogP contribution in [0.4, 0.5) is 0 Å². The summed E-state index contributed by atoms with van der Waals surface area (Å²) in [5, 5.41) is 10.3. The molecular weight excluding hydrogens is 284 g/mol. The molecule has 118 valence electrons. The number of ketones is 1. The van der Waals surface area contributed by atoms with Gasteiger partial charge in [0.25, 0.3) is 0 Å². The lowest BCUT2D eigenvalue weighted by Gasteiger charge is -2.36. The minimum Gasteiger partial charge on any atom is -0.380 e. The van der Waals surface area contributed by atoms with Crippen LogP contribution >= 0.6 is 0 Å². The van der Waals surface area contributed by atoms with Gasteiger partial charge >= 0.3 is 0 Å². The predicted molar refractivity (Wildman–Crippen MR) is 81.5 cm³/mol. The summed E-state index contributed by atoms with van der Waals surface area (Å²) in [6, 6.07) is 8.66. The fourth-order valence-electron chi connectivity index (χ4n) is 2.43. The topological polar surface area (TPSA) is 65.0 Å². The molecule has 0 bridgehead atoms. The highest BCUT2D eigenvalue weighted by atomic mass is 16.7. The van der Waals surface area contributed by atoms with Gasteiger partial charge in [-0.1, -0.05) is 36.4 Å². The molecule has 5 heteroatoms. The van der Waals surface area contributed by atoms with Crippen molar-refractivity contribution in [2.24, 2.45) is 0 Å². The minimum absolute atomic E-state index is 0.367. The molecule has 22 heavy (non-hydrogen) atoms. The van der Waals surface area contributed by atoms with Gasteiger partial charge in [0.2, 0.25) is 5.79 Å². The third-order valence-corrected chi connectivity index (χ3v) is 3.76. The van der Waals surface area contributed by atoms with E-state index in [-0.39, 0.29) is 5.78 Å². The summed E-state index contributed by atoms with van der Waals surface area (Å²) < 4.78 is 16.1. The van der Waals surface area contributed by atoms with Gasteiger partial charge in [-0.25, -0.2) is 0 Å². The number of carbonyl (C=O) groups excluding carboxylic acids is 1. The monoisotopic (exact) mass is 304 g/mol. The Balaban J connectivity index is 2.25. The van der Waals surface area contributed by atoms with Gasteiger partial charge in [-0.3, -0.25) is 4.79 Å². The van der Waals surface area contributed by atoms with Crippen LogP contribution in [0.2, 0.25) is 0 Å². The van der Waals surface area contributed by atoms with E-state index < -0.39 is 18.0 Å². The van der Waals surface area contributed by atoms with Gasteiger partial charge in [0, 0.05) is 26.9 Å². The number of hydrogen-bond acceptors (Lipinski definition) is 5. The molecule has 1 aliphatic rings. The van der Waals surface area contributed by atoms with Crippen molar-refractivity contribution in [3.63, 3.8) is 0 Å². The number of benzene rings is 1. The number of aliphatic hydroxyl groups excluding tert-OH is 1. The molecule has 2 atom stereocenters. The fraction of sp³-hybridized carbons (Fsp3) is 0.353. The van der Waals surface area contributed by atoms with Crippen LogP contribution in [0, 0.1) is 0 Å². The van der Waals surface area contributed by atoms with Crippen molar-refractivity contribution in [2.45, 2.75) is 18.0 Å². The Bertz CT molecular complexity index is 572.